The summed E-state index contributed by atoms with van der Waals surface area (Å²) in [6.45, 7) is 8.35. The van der Waals surface area contributed by atoms with Gasteiger partial charge >= 0.3 is 0 Å². The first kappa shape index (κ1) is 22.2. The van der Waals surface area contributed by atoms with Gasteiger partial charge in [0.25, 0.3) is 0 Å². The van der Waals surface area contributed by atoms with Crippen LogP contribution in [0.4, 0.5) is 11.8 Å². The average Bonchev–Trinajstić information content (AvgIpc) is 2.71. The Morgan fingerprint density at radius 2 is 1.96 bits per heavy atom. The maximum atomic E-state index is 5.84. The maximum absolute atomic E-state index is 5.84. The van der Waals surface area contributed by atoms with Gasteiger partial charge in [0, 0.05) is 31.1 Å². The normalized spacial score (nSPS) is 15.0. The molecule has 1 unspecified atom stereocenters. The van der Waals surface area contributed by atoms with Crippen LogP contribution in [0.3, 0.4) is 0 Å². The summed E-state index contributed by atoms with van der Waals surface area (Å²) in [5.74, 6) is 1.30. The molecule has 0 aliphatic carbocycles. The first-order valence-electron chi connectivity index (χ1n) is 7.92. The molecule has 4 N–H and O–H groups in total. The number of nitrogen functional groups attached to an aromatic ring is 1. The number of rotatable bonds is 6. The van der Waals surface area contributed by atoms with Crippen molar-refractivity contribution in [1.82, 2.24) is 20.2 Å². The Morgan fingerprint density at radius 1 is 1.26 bits per heavy atom. The summed E-state index contributed by atoms with van der Waals surface area (Å²) < 4.78 is 0. The van der Waals surface area contributed by atoms with Gasteiger partial charge in [-0.1, -0.05) is 6.92 Å². The van der Waals surface area contributed by atoms with Crippen molar-refractivity contribution in [3.05, 3.63) is 11.3 Å². The lowest BCUT2D eigenvalue weighted by molar-refractivity contribution is 0.263. The minimum atomic E-state index is 0. The molecule has 1 aliphatic heterocycles. The lowest BCUT2D eigenvalue weighted by Gasteiger charge is -2.23. The van der Waals surface area contributed by atoms with Crippen LogP contribution in [0.5, 0.6) is 0 Å². The molecule has 0 aromatic carbocycles. The third-order valence-corrected chi connectivity index (χ3v) is 4.31. The predicted molar refractivity (Wildman–Crippen MR) is 102 cm³/mol. The van der Waals surface area contributed by atoms with E-state index in [1.54, 1.807) is 0 Å². The molecule has 0 spiro atoms. The number of hydrogen-bond acceptors (Lipinski definition) is 6. The molecule has 2 heterocycles. The molecule has 1 aromatic rings. The summed E-state index contributed by atoms with van der Waals surface area (Å²) in [4.78, 5) is 11.1. The maximum Gasteiger partial charge on any atom is 0.222 e. The second kappa shape index (κ2) is 10.9. The summed E-state index contributed by atoms with van der Waals surface area (Å²) >= 11 is 0. The van der Waals surface area contributed by atoms with Gasteiger partial charge < -0.3 is 21.3 Å². The van der Waals surface area contributed by atoms with Gasteiger partial charge in [-0.15, -0.1) is 24.8 Å². The van der Waals surface area contributed by atoms with Crippen LogP contribution in [0.1, 0.15) is 31.5 Å². The first-order chi connectivity index (χ1) is 10.1. The van der Waals surface area contributed by atoms with Crippen molar-refractivity contribution < 1.29 is 0 Å². The van der Waals surface area contributed by atoms with Gasteiger partial charge in [-0.2, -0.15) is 4.98 Å². The SMILES string of the molecule is CCN(C)C(C)CCNc1nc(N)nc2c1CCNCC2.Cl.Cl. The molecule has 0 saturated heterocycles. The Balaban J connectivity index is 0.00000242. The summed E-state index contributed by atoms with van der Waals surface area (Å²) in [7, 11) is 2.16. The van der Waals surface area contributed by atoms with Crippen LogP contribution in [0.15, 0.2) is 0 Å². The zero-order chi connectivity index (χ0) is 15.2. The molecule has 134 valence electrons. The number of nitrogens with one attached hydrogen (secondary N) is 2. The van der Waals surface area contributed by atoms with Crippen molar-refractivity contribution in [3.63, 3.8) is 0 Å². The van der Waals surface area contributed by atoms with E-state index in [1.807, 2.05) is 0 Å². The molecule has 2 rings (SSSR count). The van der Waals surface area contributed by atoms with Crippen molar-refractivity contribution in [2.45, 2.75) is 39.2 Å². The standard InChI is InChI=1S/C15H28N6.2ClH/c1-4-21(3)11(2)5-10-18-14-12-6-8-17-9-7-13(12)19-15(16)20-14;;/h11,17H,4-10H2,1-3H3,(H3,16,18,19,20);2*1H. The molecule has 1 aromatic heterocycles. The van der Waals surface area contributed by atoms with Gasteiger partial charge in [-0.25, -0.2) is 4.98 Å². The quantitative estimate of drug-likeness (QED) is 0.713. The molecule has 23 heavy (non-hydrogen) atoms. The van der Waals surface area contributed by atoms with Crippen LogP contribution in [-0.2, 0) is 12.8 Å². The number of hydrogen-bond donors (Lipinski definition) is 3. The molecule has 0 saturated carbocycles. The van der Waals surface area contributed by atoms with Crippen molar-refractivity contribution >= 4 is 36.6 Å². The van der Waals surface area contributed by atoms with E-state index in [2.05, 4.69) is 46.4 Å². The number of halogens is 2. The largest absolute Gasteiger partial charge is 0.370 e. The van der Waals surface area contributed by atoms with Gasteiger partial charge in [0.1, 0.15) is 5.82 Å². The number of nitrogens with two attached hydrogens (primary N) is 1. The number of aromatic nitrogens is 2. The van der Waals surface area contributed by atoms with Crippen LogP contribution < -0.4 is 16.4 Å². The van der Waals surface area contributed by atoms with Gasteiger partial charge in [-0.3, -0.25) is 0 Å². The van der Waals surface area contributed by atoms with E-state index in [-0.39, 0.29) is 24.8 Å². The summed E-state index contributed by atoms with van der Waals surface area (Å²) in [5, 5.41) is 6.86. The Morgan fingerprint density at radius 3 is 2.65 bits per heavy atom. The fourth-order valence-corrected chi connectivity index (χ4v) is 2.64. The van der Waals surface area contributed by atoms with E-state index >= 15 is 0 Å². The second-order valence-electron chi connectivity index (χ2n) is 5.74. The van der Waals surface area contributed by atoms with Crippen LogP contribution in [-0.4, -0.2) is 54.1 Å². The molecule has 0 radical (unpaired) electrons. The van der Waals surface area contributed by atoms with Crippen molar-refractivity contribution in [2.75, 3.05) is 44.3 Å². The summed E-state index contributed by atoms with van der Waals surface area (Å²) in [5.41, 5.74) is 8.16. The molecule has 0 bridgehead atoms. The third-order valence-electron chi connectivity index (χ3n) is 4.31. The number of fused-ring (bicyclic) bond motifs is 1. The molecule has 0 amide bonds. The van der Waals surface area contributed by atoms with E-state index in [0.717, 1.165) is 57.0 Å². The monoisotopic (exact) mass is 364 g/mol. The summed E-state index contributed by atoms with van der Waals surface area (Å²) in [6.07, 6.45) is 2.97. The van der Waals surface area contributed by atoms with Crippen LogP contribution in [0.2, 0.25) is 0 Å². The first-order valence-corrected chi connectivity index (χ1v) is 7.92. The second-order valence-corrected chi connectivity index (χ2v) is 5.74. The Hall–Kier alpha value is -0.820. The molecular weight excluding hydrogens is 335 g/mol. The van der Waals surface area contributed by atoms with Crippen LogP contribution in [0.25, 0.3) is 0 Å². The third kappa shape index (κ3) is 6.30. The van der Waals surface area contributed by atoms with Crippen molar-refractivity contribution in [2.24, 2.45) is 0 Å². The van der Waals surface area contributed by atoms with E-state index in [1.165, 1.54) is 5.56 Å². The highest BCUT2D eigenvalue weighted by Gasteiger charge is 2.16. The van der Waals surface area contributed by atoms with Gasteiger partial charge in [0.2, 0.25) is 5.95 Å². The van der Waals surface area contributed by atoms with Gasteiger partial charge in [0.05, 0.1) is 5.69 Å². The minimum Gasteiger partial charge on any atom is -0.370 e. The van der Waals surface area contributed by atoms with Crippen molar-refractivity contribution in [3.8, 4) is 0 Å². The lowest BCUT2D eigenvalue weighted by atomic mass is 10.1. The van der Waals surface area contributed by atoms with Crippen LogP contribution in [0, 0.1) is 0 Å². The van der Waals surface area contributed by atoms with E-state index in [0.29, 0.717) is 12.0 Å². The molecule has 6 nitrogen and oxygen atoms in total. The molecule has 1 aliphatic rings. The lowest BCUT2D eigenvalue weighted by Crippen LogP contribution is -2.30. The van der Waals surface area contributed by atoms with Gasteiger partial charge in [0.15, 0.2) is 0 Å². The van der Waals surface area contributed by atoms with Crippen molar-refractivity contribution in [1.29, 1.82) is 0 Å². The Labute approximate surface area is 151 Å². The highest BCUT2D eigenvalue weighted by molar-refractivity contribution is 5.85. The summed E-state index contributed by atoms with van der Waals surface area (Å²) in [6, 6.07) is 0.557. The van der Waals surface area contributed by atoms with Crippen LogP contribution >= 0.6 is 24.8 Å². The smallest absolute Gasteiger partial charge is 0.222 e. The van der Waals surface area contributed by atoms with E-state index in [9.17, 15) is 0 Å². The Kier molecular flexibility index (Phi) is 10.5. The zero-order valence-electron chi connectivity index (χ0n) is 14.3. The fourth-order valence-electron chi connectivity index (χ4n) is 2.64. The highest BCUT2D eigenvalue weighted by Crippen LogP contribution is 2.20. The predicted octanol–water partition coefficient (Wildman–Crippen LogP) is 1.73. The molecule has 0 fully saturated rings. The Bertz CT molecular complexity index is 472. The number of anilines is 2. The van der Waals surface area contributed by atoms with E-state index in [4.69, 9.17) is 5.73 Å². The molecular formula is C15H30Cl2N6. The van der Waals surface area contributed by atoms with E-state index < -0.39 is 0 Å². The minimum absolute atomic E-state index is 0. The zero-order valence-corrected chi connectivity index (χ0v) is 15.9. The van der Waals surface area contributed by atoms with Gasteiger partial charge in [-0.05, 0) is 39.9 Å². The molecule has 1 atom stereocenters. The average molecular weight is 365 g/mol. The topological polar surface area (TPSA) is 79.1 Å². The fraction of sp³-hybridized carbons (Fsp3) is 0.733. The molecule has 8 heteroatoms. The number of nitrogens with zero attached hydrogens (tertiary/aromatic N) is 3. The highest BCUT2D eigenvalue weighted by atomic mass is 35.5.